The molecule has 0 radical (unpaired) electrons. The molecule has 0 spiro atoms. The zero-order valence-corrected chi connectivity index (χ0v) is 21.3. The normalized spacial score (nSPS) is 15.0. The number of nitrogens with two attached hydrogens (primary N) is 1. The van der Waals surface area contributed by atoms with Gasteiger partial charge in [0.25, 0.3) is 5.56 Å². The topological polar surface area (TPSA) is 129 Å². The lowest BCUT2D eigenvalue weighted by Gasteiger charge is -2.17. The summed E-state index contributed by atoms with van der Waals surface area (Å²) in [5.74, 6) is -0.626. The summed E-state index contributed by atoms with van der Waals surface area (Å²) in [6.45, 7) is 8.47. The lowest BCUT2D eigenvalue weighted by atomic mass is 9.98. The highest BCUT2D eigenvalue weighted by molar-refractivity contribution is 6.42. The standard InChI is InChI=1S/C13H12Cl2FNO.C10H10N2O4.C2H6/c1-2-11(18)17-6-5-8(7-17)12-10(16)4-3-9(14)13(12)15;11-7-2-1-6-3-4-12(10(14,15)16)9(13)8(6)5-7;1-2/h2-4,8H,1,5-7H2;1-5,14-16H,11H2;1-2H3. The van der Waals surface area contributed by atoms with Crippen molar-refractivity contribution >= 4 is 45.6 Å². The van der Waals surface area contributed by atoms with Crippen LogP contribution in [0.2, 0.25) is 10.0 Å². The Morgan fingerprint density at radius 1 is 1.19 bits per heavy atom. The molecule has 1 aliphatic rings. The van der Waals surface area contributed by atoms with Crippen LogP contribution in [0.1, 0.15) is 31.7 Å². The van der Waals surface area contributed by atoms with Crippen LogP contribution in [0.5, 0.6) is 0 Å². The van der Waals surface area contributed by atoms with E-state index in [1.165, 1.54) is 30.3 Å². The first-order valence-corrected chi connectivity index (χ1v) is 11.8. The number of benzene rings is 2. The summed E-state index contributed by atoms with van der Waals surface area (Å²) in [6, 6.07) is 8.86. The molecule has 1 aromatic heterocycles. The van der Waals surface area contributed by atoms with Gasteiger partial charge < -0.3 is 26.0 Å². The number of rotatable bonds is 3. The molecule has 1 fully saturated rings. The van der Waals surface area contributed by atoms with Gasteiger partial charge in [-0.25, -0.2) is 8.96 Å². The number of hydrogen-bond acceptors (Lipinski definition) is 6. The number of hydrogen-bond donors (Lipinski definition) is 4. The molecule has 4 rings (SSSR count). The van der Waals surface area contributed by atoms with Crippen LogP contribution >= 0.6 is 23.2 Å². The second kappa shape index (κ2) is 12.3. The average molecular weight is 540 g/mol. The summed E-state index contributed by atoms with van der Waals surface area (Å²) in [7, 11) is 0. The summed E-state index contributed by atoms with van der Waals surface area (Å²) in [6.07, 6.45) is -0.189. The molecule has 5 N–H and O–H groups in total. The van der Waals surface area contributed by atoms with Crippen molar-refractivity contribution < 1.29 is 24.5 Å². The van der Waals surface area contributed by atoms with Crippen LogP contribution in [0.4, 0.5) is 10.1 Å². The fourth-order valence-electron chi connectivity index (χ4n) is 3.74. The summed E-state index contributed by atoms with van der Waals surface area (Å²) < 4.78 is 14.2. The van der Waals surface area contributed by atoms with E-state index in [-0.39, 0.29) is 28.1 Å². The molecular weight excluding hydrogens is 512 g/mol. The van der Waals surface area contributed by atoms with Crippen LogP contribution in [0.15, 0.2) is 60.0 Å². The number of nitrogens with zero attached hydrogens (tertiary/aromatic N) is 2. The maximum absolute atomic E-state index is 13.8. The molecule has 1 unspecified atom stereocenters. The van der Waals surface area contributed by atoms with E-state index in [4.69, 9.17) is 44.3 Å². The molecule has 1 amide bonds. The van der Waals surface area contributed by atoms with E-state index in [0.717, 1.165) is 6.20 Å². The Morgan fingerprint density at radius 3 is 2.47 bits per heavy atom. The number of carbonyl (C=O) groups is 1. The largest absolute Gasteiger partial charge is 0.399 e. The van der Waals surface area contributed by atoms with Crippen LogP contribution < -0.4 is 11.3 Å². The summed E-state index contributed by atoms with van der Waals surface area (Å²) >= 11 is 11.9. The highest BCUT2D eigenvalue weighted by atomic mass is 35.5. The number of pyridine rings is 1. The van der Waals surface area contributed by atoms with E-state index in [1.54, 1.807) is 17.0 Å². The molecule has 2 heterocycles. The van der Waals surface area contributed by atoms with Crippen molar-refractivity contribution in [2.24, 2.45) is 0 Å². The highest BCUT2D eigenvalue weighted by Crippen LogP contribution is 2.37. The van der Waals surface area contributed by atoms with Crippen LogP contribution in [-0.2, 0) is 10.9 Å². The van der Waals surface area contributed by atoms with Gasteiger partial charge in [-0.15, -0.1) is 0 Å². The number of anilines is 1. The first-order chi connectivity index (χ1) is 16.9. The summed E-state index contributed by atoms with van der Waals surface area (Å²) in [5, 5.41) is 28.2. The number of aliphatic hydroxyl groups is 3. The molecule has 194 valence electrons. The Labute approximate surface area is 217 Å². The number of likely N-dealkylation sites (tertiary alicyclic amines) is 1. The lowest BCUT2D eigenvalue weighted by molar-refractivity contribution is -0.376. The Bertz CT molecular complexity index is 1310. The van der Waals surface area contributed by atoms with Crippen LogP contribution in [0, 0.1) is 5.82 Å². The molecule has 11 heteroatoms. The third-order valence-corrected chi connectivity index (χ3v) is 6.23. The van der Waals surface area contributed by atoms with Gasteiger partial charge in [-0.05, 0) is 48.2 Å². The molecule has 8 nitrogen and oxygen atoms in total. The van der Waals surface area contributed by atoms with Crippen molar-refractivity contribution in [2.75, 3.05) is 18.8 Å². The van der Waals surface area contributed by atoms with Crippen LogP contribution in [-0.4, -0.2) is 43.8 Å². The Morgan fingerprint density at radius 2 is 1.86 bits per heavy atom. The zero-order valence-electron chi connectivity index (χ0n) is 19.8. The smallest absolute Gasteiger partial charge is 0.376 e. The molecule has 0 bridgehead atoms. The van der Waals surface area contributed by atoms with E-state index in [0.29, 0.717) is 45.7 Å². The van der Waals surface area contributed by atoms with Gasteiger partial charge in [0.1, 0.15) is 5.82 Å². The molecule has 1 aliphatic heterocycles. The fourth-order valence-corrected chi connectivity index (χ4v) is 4.21. The molecule has 0 saturated carbocycles. The third-order valence-electron chi connectivity index (χ3n) is 5.42. The molecular formula is C25H28Cl2FN3O5. The van der Waals surface area contributed by atoms with Gasteiger partial charge in [0.05, 0.1) is 10.0 Å². The van der Waals surface area contributed by atoms with Crippen molar-refractivity contribution in [2.45, 2.75) is 32.3 Å². The van der Waals surface area contributed by atoms with Gasteiger partial charge in [0, 0.05) is 41.8 Å². The quantitative estimate of drug-likeness (QED) is 0.173. The van der Waals surface area contributed by atoms with Gasteiger partial charge in [-0.2, -0.15) is 0 Å². The van der Waals surface area contributed by atoms with E-state index < -0.39 is 11.7 Å². The second-order valence-corrected chi connectivity index (χ2v) is 8.45. The zero-order chi connectivity index (χ0) is 27.2. The minimum absolute atomic E-state index is 0.111. The number of nitrogen functional groups attached to an aromatic ring is 1. The fraction of sp³-hybridized carbons (Fsp3) is 0.280. The molecule has 1 saturated heterocycles. The first-order valence-electron chi connectivity index (χ1n) is 11.1. The van der Waals surface area contributed by atoms with Crippen molar-refractivity contribution in [1.82, 2.24) is 9.47 Å². The van der Waals surface area contributed by atoms with Gasteiger partial charge >= 0.3 is 6.10 Å². The Balaban J connectivity index is 0.000000239. The Kier molecular flexibility index (Phi) is 10.0. The predicted molar refractivity (Wildman–Crippen MR) is 139 cm³/mol. The van der Waals surface area contributed by atoms with Crippen LogP contribution in [0.25, 0.3) is 10.8 Å². The monoisotopic (exact) mass is 539 g/mol. The molecule has 36 heavy (non-hydrogen) atoms. The van der Waals surface area contributed by atoms with E-state index in [1.807, 2.05) is 13.8 Å². The number of aromatic nitrogens is 1. The SMILES string of the molecule is C=CC(=O)N1CCC(c2c(F)ccc(Cl)c2Cl)C1.CC.Nc1ccc2ccn(C(O)(O)O)c(=O)c2c1. The number of halogens is 3. The second-order valence-electron chi connectivity index (χ2n) is 7.67. The molecule has 1 atom stereocenters. The highest BCUT2D eigenvalue weighted by Gasteiger charge is 2.30. The maximum atomic E-state index is 13.8. The third kappa shape index (κ3) is 6.63. The first kappa shape index (κ1) is 29.3. The van der Waals surface area contributed by atoms with Crippen molar-refractivity contribution in [1.29, 1.82) is 0 Å². The molecule has 2 aromatic carbocycles. The van der Waals surface area contributed by atoms with Gasteiger partial charge in [0.2, 0.25) is 5.91 Å². The van der Waals surface area contributed by atoms with Crippen molar-refractivity contribution in [3.8, 4) is 0 Å². The van der Waals surface area contributed by atoms with Crippen LogP contribution in [0.3, 0.4) is 0 Å². The summed E-state index contributed by atoms with van der Waals surface area (Å²) in [4.78, 5) is 24.9. The average Bonchev–Trinajstić information content (AvgIpc) is 3.32. The minimum Gasteiger partial charge on any atom is -0.399 e. The van der Waals surface area contributed by atoms with Gasteiger partial charge in [-0.3, -0.25) is 9.59 Å². The van der Waals surface area contributed by atoms with Gasteiger partial charge in [-0.1, -0.05) is 49.7 Å². The lowest BCUT2D eigenvalue weighted by Crippen LogP contribution is -2.40. The Hall–Kier alpha value is -2.95. The number of amides is 1. The summed E-state index contributed by atoms with van der Waals surface area (Å²) in [5.41, 5.74) is 5.56. The number of carbonyl (C=O) groups excluding carboxylic acids is 1. The van der Waals surface area contributed by atoms with Gasteiger partial charge in [0.15, 0.2) is 0 Å². The predicted octanol–water partition coefficient (Wildman–Crippen LogP) is 3.79. The van der Waals surface area contributed by atoms with Crippen molar-refractivity contribution in [3.05, 3.63) is 87.0 Å². The maximum Gasteiger partial charge on any atom is 0.376 e. The van der Waals surface area contributed by atoms with E-state index in [9.17, 15) is 14.0 Å². The number of fused-ring (bicyclic) bond motifs is 1. The minimum atomic E-state index is -3.21. The van der Waals surface area contributed by atoms with Crippen molar-refractivity contribution in [3.63, 3.8) is 0 Å². The molecule has 0 aliphatic carbocycles. The van der Waals surface area contributed by atoms with E-state index in [2.05, 4.69) is 6.58 Å². The molecule has 3 aromatic rings. The van der Waals surface area contributed by atoms with E-state index >= 15 is 0 Å².